The Labute approximate surface area is 241 Å². The van der Waals surface area contributed by atoms with Gasteiger partial charge in [-0.05, 0) is 50.3 Å². The zero-order chi connectivity index (χ0) is 29.1. The Bertz CT molecular complexity index is 1330. The van der Waals surface area contributed by atoms with Gasteiger partial charge < -0.3 is 20.6 Å². The summed E-state index contributed by atoms with van der Waals surface area (Å²) in [6, 6.07) is 16.4. The molecule has 11 heteroatoms. The summed E-state index contributed by atoms with van der Waals surface area (Å²) in [5.41, 5.74) is 0.254. The van der Waals surface area contributed by atoms with Gasteiger partial charge in [0.15, 0.2) is 0 Å². The molecule has 1 fully saturated rings. The molecule has 2 aliphatic heterocycles. The summed E-state index contributed by atoms with van der Waals surface area (Å²) >= 11 is 3.54. The van der Waals surface area contributed by atoms with Gasteiger partial charge in [0.05, 0.1) is 5.71 Å². The van der Waals surface area contributed by atoms with Crippen LogP contribution in [-0.2, 0) is 27.2 Å². The lowest BCUT2D eigenvalue weighted by Crippen LogP contribution is -2.61. The number of benzene rings is 2. The number of hydrogen-bond acceptors (Lipinski definition) is 5. The number of nitrogens with zero attached hydrogens (tertiary/aromatic N) is 3. The van der Waals surface area contributed by atoms with Crippen molar-refractivity contribution in [2.24, 2.45) is 10.5 Å². The Morgan fingerprint density at radius 1 is 1.12 bits per heavy atom. The van der Waals surface area contributed by atoms with Crippen LogP contribution < -0.4 is 10.6 Å². The van der Waals surface area contributed by atoms with E-state index in [4.69, 9.17) is 0 Å². The van der Waals surface area contributed by atoms with E-state index < -0.39 is 29.0 Å². The maximum absolute atomic E-state index is 14.1. The number of piperidine rings is 1. The fraction of sp³-hybridized carbons (Fsp3) is 0.414. The van der Waals surface area contributed by atoms with Gasteiger partial charge >= 0.3 is 6.09 Å². The number of likely N-dealkylation sites (tertiary alicyclic amines) is 1. The van der Waals surface area contributed by atoms with E-state index in [2.05, 4.69) is 31.7 Å². The van der Waals surface area contributed by atoms with Crippen LogP contribution in [0.25, 0.3) is 0 Å². The topological polar surface area (TPSA) is 131 Å². The number of carboxylic acid groups (broad SMARTS) is 1. The summed E-state index contributed by atoms with van der Waals surface area (Å²) in [6.45, 7) is 3.38. The molecule has 2 heterocycles. The van der Waals surface area contributed by atoms with Crippen LogP contribution in [0, 0.1) is 5.41 Å². The molecular weight excluding hydrogens is 578 g/mol. The van der Waals surface area contributed by atoms with Gasteiger partial charge in [0.25, 0.3) is 5.91 Å². The highest BCUT2D eigenvalue weighted by atomic mass is 79.9. The average Bonchev–Trinajstić information content (AvgIpc) is 3.15. The highest BCUT2D eigenvalue weighted by Crippen LogP contribution is 2.38. The normalized spacial score (nSPS) is 19.5. The summed E-state index contributed by atoms with van der Waals surface area (Å²) in [5, 5.41) is 20.1. The quantitative estimate of drug-likeness (QED) is 0.401. The molecular formula is C29H34BrN5O5. The molecule has 2 aliphatic rings. The Morgan fingerprint density at radius 2 is 1.80 bits per heavy atom. The third-order valence-corrected chi connectivity index (χ3v) is 8.29. The maximum Gasteiger partial charge on any atom is 0.405 e. The number of amides is 4. The highest BCUT2D eigenvalue weighted by Gasteiger charge is 2.54. The lowest BCUT2D eigenvalue weighted by molar-refractivity contribution is -0.142. The highest BCUT2D eigenvalue weighted by molar-refractivity contribution is 9.10. The molecule has 3 N–H and O–H groups in total. The first-order chi connectivity index (χ1) is 18.9. The molecule has 4 amide bonds. The summed E-state index contributed by atoms with van der Waals surface area (Å²) < 4.78 is 0.889. The second-order valence-electron chi connectivity index (χ2n) is 10.8. The number of hydrogen-bond donors (Lipinski definition) is 3. The van der Waals surface area contributed by atoms with Crippen molar-refractivity contribution in [3.8, 4) is 0 Å². The molecule has 1 saturated heterocycles. The molecule has 0 aromatic heterocycles. The molecule has 40 heavy (non-hydrogen) atoms. The molecule has 10 nitrogen and oxygen atoms in total. The van der Waals surface area contributed by atoms with Gasteiger partial charge in [0, 0.05) is 31.0 Å². The first-order valence-corrected chi connectivity index (χ1v) is 14.0. The fourth-order valence-corrected chi connectivity index (χ4v) is 5.84. The molecule has 4 rings (SSSR count). The second kappa shape index (κ2) is 11.8. The SMILES string of the molecule is CN1N=C2CCN(C(=O)C(CCc3ccccc3Br)NC(=O)C(C)(C)NC(=O)O)CC2(Cc2ccccc2)C1=O. The van der Waals surface area contributed by atoms with Crippen LogP contribution in [0.3, 0.4) is 0 Å². The first-order valence-electron chi connectivity index (χ1n) is 13.2. The lowest BCUT2D eigenvalue weighted by Gasteiger charge is -2.41. The van der Waals surface area contributed by atoms with Gasteiger partial charge in [-0.25, -0.2) is 9.80 Å². The molecule has 0 spiro atoms. The van der Waals surface area contributed by atoms with Crippen LogP contribution in [0.5, 0.6) is 0 Å². The van der Waals surface area contributed by atoms with E-state index in [1.165, 1.54) is 18.9 Å². The van der Waals surface area contributed by atoms with Crippen molar-refractivity contribution in [3.05, 3.63) is 70.2 Å². The number of aryl methyl sites for hydroxylation is 1. The zero-order valence-electron chi connectivity index (χ0n) is 22.8. The molecule has 2 aromatic rings. The molecule has 2 atom stereocenters. The molecule has 0 aliphatic carbocycles. The standard InChI is InChI=1S/C29H34BrN5O5/c1-28(2,32-27(39)40)25(37)31-22(14-13-20-11-7-8-12-21(20)30)24(36)35-16-15-23-29(18-35,26(38)34(3)33-23)17-19-9-5-4-6-10-19/h4-12,22,32H,13-18H2,1-3H3,(H,31,37)(H,39,40). The summed E-state index contributed by atoms with van der Waals surface area (Å²) in [4.78, 5) is 53.6. The number of halogens is 1. The van der Waals surface area contributed by atoms with E-state index in [9.17, 15) is 24.3 Å². The van der Waals surface area contributed by atoms with E-state index in [0.29, 0.717) is 25.8 Å². The molecule has 0 saturated carbocycles. The van der Waals surface area contributed by atoms with Crippen molar-refractivity contribution >= 4 is 45.5 Å². The Hall–Kier alpha value is -3.73. The fourth-order valence-electron chi connectivity index (χ4n) is 5.36. The maximum atomic E-state index is 14.1. The largest absolute Gasteiger partial charge is 0.465 e. The van der Waals surface area contributed by atoms with E-state index in [1.807, 2.05) is 54.6 Å². The van der Waals surface area contributed by atoms with Crippen LogP contribution in [0.15, 0.2) is 64.2 Å². The number of fused-ring (bicyclic) bond motifs is 1. The zero-order valence-corrected chi connectivity index (χ0v) is 24.4. The predicted molar refractivity (Wildman–Crippen MR) is 154 cm³/mol. The minimum Gasteiger partial charge on any atom is -0.465 e. The Morgan fingerprint density at radius 3 is 2.48 bits per heavy atom. The van der Waals surface area contributed by atoms with E-state index in [0.717, 1.165) is 21.3 Å². The van der Waals surface area contributed by atoms with Crippen molar-refractivity contribution in [2.45, 2.75) is 51.1 Å². The Balaban J connectivity index is 1.60. The van der Waals surface area contributed by atoms with Crippen molar-refractivity contribution in [1.82, 2.24) is 20.5 Å². The van der Waals surface area contributed by atoms with Crippen LogP contribution >= 0.6 is 15.9 Å². The number of carbonyl (C=O) groups is 4. The second-order valence-corrected chi connectivity index (χ2v) is 11.7. The first kappa shape index (κ1) is 29.3. The van der Waals surface area contributed by atoms with Gasteiger partial charge in [0.1, 0.15) is 17.0 Å². The molecule has 2 unspecified atom stereocenters. The van der Waals surface area contributed by atoms with Crippen LogP contribution in [0.2, 0.25) is 0 Å². The van der Waals surface area contributed by atoms with Gasteiger partial charge in [-0.3, -0.25) is 14.4 Å². The van der Waals surface area contributed by atoms with Gasteiger partial charge in [-0.15, -0.1) is 0 Å². The van der Waals surface area contributed by atoms with Crippen molar-refractivity contribution in [1.29, 1.82) is 0 Å². The van der Waals surface area contributed by atoms with Crippen LogP contribution in [0.1, 0.15) is 37.8 Å². The summed E-state index contributed by atoms with van der Waals surface area (Å²) in [7, 11) is 1.63. The van der Waals surface area contributed by atoms with E-state index >= 15 is 0 Å². The van der Waals surface area contributed by atoms with E-state index in [1.54, 1.807) is 11.9 Å². The Kier molecular flexibility index (Phi) is 8.62. The molecule has 0 bridgehead atoms. The van der Waals surface area contributed by atoms with Crippen LogP contribution in [-0.4, -0.2) is 76.3 Å². The summed E-state index contributed by atoms with van der Waals surface area (Å²) in [5.74, 6) is -1.10. The van der Waals surface area contributed by atoms with Crippen molar-refractivity contribution < 1.29 is 24.3 Å². The number of nitrogens with one attached hydrogen (secondary N) is 2. The van der Waals surface area contributed by atoms with Crippen molar-refractivity contribution in [3.63, 3.8) is 0 Å². The third-order valence-electron chi connectivity index (χ3n) is 7.52. The van der Waals surface area contributed by atoms with E-state index in [-0.39, 0.29) is 24.8 Å². The van der Waals surface area contributed by atoms with Gasteiger partial charge in [0.2, 0.25) is 11.8 Å². The number of rotatable bonds is 9. The smallest absolute Gasteiger partial charge is 0.405 e. The minimum atomic E-state index is -1.46. The molecule has 0 radical (unpaired) electrons. The summed E-state index contributed by atoms with van der Waals surface area (Å²) in [6.07, 6.45) is 0.274. The average molecular weight is 613 g/mol. The van der Waals surface area contributed by atoms with Gasteiger partial charge in [-0.2, -0.15) is 5.10 Å². The monoisotopic (exact) mass is 611 g/mol. The number of hydrazone groups is 1. The predicted octanol–water partition coefficient (Wildman–Crippen LogP) is 3.20. The van der Waals surface area contributed by atoms with Crippen molar-refractivity contribution in [2.75, 3.05) is 20.1 Å². The lowest BCUT2D eigenvalue weighted by atomic mass is 9.73. The minimum absolute atomic E-state index is 0.140. The molecule has 2 aromatic carbocycles. The van der Waals surface area contributed by atoms with Crippen LogP contribution in [0.4, 0.5) is 4.79 Å². The van der Waals surface area contributed by atoms with Gasteiger partial charge in [-0.1, -0.05) is 64.5 Å². The number of carbonyl (C=O) groups excluding carboxylic acids is 3. The third kappa shape index (κ3) is 6.19. The molecule has 212 valence electrons.